The Morgan fingerprint density at radius 1 is 0.880 bits per heavy atom. The zero-order chi connectivity index (χ0) is 18.4. The van der Waals surface area contributed by atoms with Crippen LogP contribution >= 0.6 is 7.82 Å². The molecule has 0 rings (SSSR count). The number of aliphatic carboxylic acids is 3. The number of carboxylic acid groups (broad SMARTS) is 3. The topological polar surface area (TPSA) is 358 Å². The van der Waals surface area contributed by atoms with E-state index in [4.69, 9.17) is 42.6 Å². The molecule has 0 aromatic carbocycles. The van der Waals surface area contributed by atoms with Crippen molar-refractivity contribution in [3.8, 4) is 0 Å². The zero-order valence-corrected chi connectivity index (χ0v) is 14.1. The number of carboxylic acids is 3. The maximum atomic E-state index is 10.8. The molecule has 0 spiro atoms. The van der Waals surface area contributed by atoms with Gasteiger partial charge in [0.25, 0.3) is 0 Å². The predicted octanol–water partition coefficient (Wildman–Crippen LogP) is -1.30. The van der Waals surface area contributed by atoms with Gasteiger partial charge in [-0.1, -0.05) is 0 Å². The molecule has 19 heteroatoms. The summed E-state index contributed by atoms with van der Waals surface area (Å²) in [5, 5.41) is 25.5. The molecular weight excluding hydrogens is 401 g/mol. The minimum atomic E-state index is -5.36. The second-order valence-corrected chi connectivity index (χ2v) is 5.53. The van der Waals surface area contributed by atoms with Crippen LogP contribution in [0.25, 0.3) is 0 Å². The van der Waals surface area contributed by atoms with Crippen LogP contribution in [0.2, 0.25) is 0 Å². The molecule has 0 unspecified atom stereocenters. The molecule has 0 aromatic heterocycles. The Bertz CT molecular complexity index is 559. The van der Waals surface area contributed by atoms with Gasteiger partial charge in [-0.15, -0.1) is 0 Å². The van der Waals surface area contributed by atoms with Crippen molar-refractivity contribution in [1.29, 1.82) is 0 Å². The zero-order valence-electron chi connectivity index (χ0n) is 12.4. The third kappa shape index (κ3) is 22.3. The first-order valence-electron chi connectivity index (χ1n) is 4.62. The highest BCUT2D eigenvalue weighted by Crippen LogP contribution is 2.44. The Hall–Kier alpha value is -1.73. The summed E-state index contributed by atoms with van der Waals surface area (Å²) in [6.45, 7) is 0. The number of phosphoric ester groups is 1. The fourth-order valence-corrected chi connectivity index (χ4v) is 1.70. The molecule has 0 aliphatic heterocycles. The predicted molar refractivity (Wildman–Crippen MR) is 77.2 cm³/mol. The SMILES string of the molecule is N.N.N.O=C(O)CC(CC(=O)O)(OP(=O)(O)O)C(=O)O.O=S(=O)(O)O. The van der Waals surface area contributed by atoms with Gasteiger partial charge >= 0.3 is 36.1 Å². The second-order valence-electron chi connectivity index (χ2n) is 3.47. The maximum absolute atomic E-state index is 10.8. The van der Waals surface area contributed by atoms with Crippen LogP contribution in [0.5, 0.6) is 0 Å². The van der Waals surface area contributed by atoms with Crippen LogP contribution < -0.4 is 18.5 Å². The highest BCUT2D eigenvalue weighted by molar-refractivity contribution is 7.79. The van der Waals surface area contributed by atoms with Crippen LogP contribution in [-0.4, -0.2) is 66.1 Å². The number of rotatable bonds is 7. The highest BCUT2D eigenvalue weighted by Gasteiger charge is 2.49. The largest absolute Gasteiger partial charge is 0.481 e. The lowest BCUT2D eigenvalue weighted by molar-refractivity contribution is -0.168. The van der Waals surface area contributed by atoms with Gasteiger partial charge in [-0.2, -0.15) is 8.42 Å². The molecule has 16 N–H and O–H groups in total. The third-order valence-electron chi connectivity index (χ3n) is 1.56. The van der Waals surface area contributed by atoms with Crippen molar-refractivity contribution in [1.82, 2.24) is 18.5 Å². The molecule has 0 aliphatic rings. The first-order valence-corrected chi connectivity index (χ1v) is 7.54. The average Bonchev–Trinajstić information content (AvgIpc) is 2.07. The normalized spacial score (nSPS) is 10.6. The second kappa shape index (κ2) is 12.6. The molecule has 0 atom stereocenters. The van der Waals surface area contributed by atoms with Crippen LogP contribution in [0.4, 0.5) is 0 Å². The Balaban J connectivity index is -0.000000147. The van der Waals surface area contributed by atoms with Gasteiger partial charge in [0.1, 0.15) is 0 Å². The Kier molecular flexibility index (Phi) is 17.4. The molecule has 0 fully saturated rings. The summed E-state index contributed by atoms with van der Waals surface area (Å²) in [7, 11) is -10.0. The van der Waals surface area contributed by atoms with Crippen molar-refractivity contribution in [2.45, 2.75) is 18.4 Å². The molecule has 0 amide bonds. The van der Waals surface area contributed by atoms with E-state index in [2.05, 4.69) is 4.52 Å². The molecule has 0 heterocycles. The molecule has 0 bridgehead atoms. The molecule has 25 heavy (non-hydrogen) atoms. The van der Waals surface area contributed by atoms with Crippen molar-refractivity contribution in [3.63, 3.8) is 0 Å². The summed E-state index contributed by atoms with van der Waals surface area (Å²) in [4.78, 5) is 48.5. The summed E-state index contributed by atoms with van der Waals surface area (Å²) >= 11 is 0. The summed E-state index contributed by atoms with van der Waals surface area (Å²) in [5.41, 5.74) is -3.02. The molecular formula is C6H20N3O14PS. The number of carbonyl (C=O) groups is 3. The Morgan fingerprint density at radius 3 is 1.24 bits per heavy atom. The van der Waals surface area contributed by atoms with E-state index in [9.17, 15) is 18.9 Å². The number of phosphoric acid groups is 1. The van der Waals surface area contributed by atoms with Gasteiger partial charge in [-0.3, -0.25) is 23.2 Å². The van der Waals surface area contributed by atoms with Gasteiger partial charge in [0.15, 0.2) is 5.60 Å². The van der Waals surface area contributed by atoms with Crippen LogP contribution in [0.15, 0.2) is 0 Å². The standard InChI is InChI=1S/C6H9O10P.3H3N.H2O4S/c7-3(8)1-6(5(11)12,2-4(9)10)16-17(13,14)15;;;;1-5(2,3)4/h1-2H2,(H,7,8)(H,9,10)(H,11,12)(H2,13,14,15);3*1H3;(H2,1,2,3,4). The molecule has 17 nitrogen and oxygen atoms in total. The van der Waals surface area contributed by atoms with E-state index >= 15 is 0 Å². The molecule has 0 saturated heterocycles. The smallest absolute Gasteiger partial charge is 0.470 e. The van der Waals surface area contributed by atoms with Crippen LogP contribution in [0, 0.1) is 0 Å². The fraction of sp³-hybridized carbons (Fsp3) is 0.500. The first kappa shape index (κ1) is 34.6. The van der Waals surface area contributed by atoms with E-state index in [0.717, 1.165) is 0 Å². The van der Waals surface area contributed by atoms with E-state index in [1.165, 1.54) is 0 Å². The van der Waals surface area contributed by atoms with Gasteiger partial charge in [-0.05, 0) is 0 Å². The number of hydrogen-bond acceptors (Lipinski definition) is 10. The van der Waals surface area contributed by atoms with Gasteiger partial charge in [0.05, 0.1) is 12.8 Å². The molecule has 0 radical (unpaired) electrons. The van der Waals surface area contributed by atoms with Crippen molar-refractivity contribution in [2.75, 3.05) is 0 Å². The fourth-order valence-electron chi connectivity index (χ4n) is 1.03. The minimum absolute atomic E-state index is 0. The van der Waals surface area contributed by atoms with Gasteiger partial charge in [0.2, 0.25) is 0 Å². The monoisotopic (exact) mass is 421 g/mol. The number of hydrogen-bond donors (Lipinski definition) is 10. The lowest BCUT2D eigenvalue weighted by atomic mass is 9.96. The van der Waals surface area contributed by atoms with Gasteiger partial charge in [-0.25, -0.2) is 9.36 Å². The minimum Gasteiger partial charge on any atom is -0.481 e. The molecule has 0 aliphatic carbocycles. The van der Waals surface area contributed by atoms with E-state index in [0.29, 0.717) is 0 Å². The molecule has 154 valence electrons. The van der Waals surface area contributed by atoms with E-state index in [-0.39, 0.29) is 18.5 Å². The van der Waals surface area contributed by atoms with E-state index in [1.807, 2.05) is 0 Å². The lowest BCUT2D eigenvalue weighted by Gasteiger charge is -2.26. The highest BCUT2D eigenvalue weighted by atomic mass is 32.3. The van der Waals surface area contributed by atoms with Crippen molar-refractivity contribution in [2.24, 2.45) is 0 Å². The maximum Gasteiger partial charge on any atom is 0.470 e. The first-order chi connectivity index (χ1) is 9.48. The summed E-state index contributed by atoms with van der Waals surface area (Å²) < 4.78 is 45.9. The van der Waals surface area contributed by atoms with Crippen molar-refractivity contribution >= 4 is 36.1 Å². The lowest BCUT2D eigenvalue weighted by Crippen LogP contribution is -2.44. The van der Waals surface area contributed by atoms with Crippen LogP contribution in [-0.2, 0) is 33.9 Å². The third-order valence-corrected chi connectivity index (χ3v) is 2.14. The van der Waals surface area contributed by atoms with Crippen molar-refractivity contribution in [3.05, 3.63) is 0 Å². The molecule has 0 saturated carbocycles. The average molecular weight is 421 g/mol. The summed E-state index contributed by atoms with van der Waals surface area (Å²) in [6, 6.07) is 0. The Morgan fingerprint density at radius 2 is 1.12 bits per heavy atom. The van der Waals surface area contributed by atoms with Gasteiger partial charge < -0.3 is 43.6 Å². The Labute approximate surface area is 140 Å². The summed E-state index contributed by atoms with van der Waals surface area (Å²) in [6.07, 6.45) is -2.81. The van der Waals surface area contributed by atoms with Crippen LogP contribution in [0.1, 0.15) is 12.8 Å². The summed E-state index contributed by atoms with van der Waals surface area (Å²) in [5.74, 6) is -5.64. The van der Waals surface area contributed by atoms with E-state index < -0.39 is 54.6 Å². The quantitative estimate of drug-likeness (QED) is 0.168. The van der Waals surface area contributed by atoms with Crippen LogP contribution in [0.3, 0.4) is 0 Å². The van der Waals surface area contributed by atoms with E-state index in [1.54, 1.807) is 0 Å². The molecule has 0 aromatic rings. The van der Waals surface area contributed by atoms with Crippen molar-refractivity contribution < 1.29 is 66.1 Å². The van der Waals surface area contributed by atoms with Gasteiger partial charge in [0, 0.05) is 0 Å².